The first kappa shape index (κ1) is 21.6. The van der Waals surface area contributed by atoms with Gasteiger partial charge in [-0.1, -0.05) is 57.4 Å². The molecule has 5 heteroatoms. The summed E-state index contributed by atoms with van der Waals surface area (Å²) in [6, 6.07) is 19.7. The Bertz CT molecular complexity index is 980. The zero-order chi connectivity index (χ0) is 21.0. The monoisotopic (exact) mass is 402 g/mol. The molecule has 3 aromatic carbocycles. The maximum Gasteiger partial charge on any atom is 0.119 e. The van der Waals surface area contributed by atoms with Crippen LogP contribution in [0.15, 0.2) is 81.1 Å². The summed E-state index contributed by atoms with van der Waals surface area (Å²) in [5.74, 6) is 0.863. The van der Waals surface area contributed by atoms with E-state index in [4.69, 9.17) is 4.74 Å². The van der Waals surface area contributed by atoms with Crippen molar-refractivity contribution in [1.29, 1.82) is 0 Å². The summed E-state index contributed by atoms with van der Waals surface area (Å²) in [5.41, 5.74) is 2.48. The van der Waals surface area contributed by atoms with Gasteiger partial charge in [-0.15, -0.1) is 5.11 Å². The van der Waals surface area contributed by atoms with Crippen molar-refractivity contribution in [1.82, 2.24) is 0 Å². The van der Waals surface area contributed by atoms with E-state index in [0.29, 0.717) is 0 Å². The average Bonchev–Trinajstić information content (AvgIpc) is 2.79. The molecule has 0 heterocycles. The van der Waals surface area contributed by atoms with Crippen LogP contribution in [0.2, 0.25) is 0 Å². The van der Waals surface area contributed by atoms with Gasteiger partial charge in [-0.2, -0.15) is 15.3 Å². The van der Waals surface area contributed by atoms with Gasteiger partial charge in [0.05, 0.1) is 30.2 Å². The predicted octanol–water partition coefficient (Wildman–Crippen LogP) is 8.71. The molecule has 0 N–H and O–H groups in total. The van der Waals surface area contributed by atoms with Gasteiger partial charge in [0.15, 0.2) is 0 Å². The molecule has 0 unspecified atom stereocenters. The molecule has 0 aliphatic rings. The molecule has 3 rings (SSSR count). The van der Waals surface area contributed by atoms with Crippen LogP contribution < -0.4 is 4.74 Å². The van der Waals surface area contributed by atoms with Crippen molar-refractivity contribution in [2.45, 2.75) is 46.0 Å². The molecule has 156 valence electrons. The summed E-state index contributed by atoms with van der Waals surface area (Å²) >= 11 is 0. The topological polar surface area (TPSA) is 58.7 Å². The van der Waals surface area contributed by atoms with E-state index < -0.39 is 0 Å². The van der Waals surface area contributed by atoms with Crippen LogP contribution in [0.4, 0.5) is 17.1 Å². The Morgan fingerprint density at radius 1 is 0.667 bits per heavy atom. The van der Waals surface area contributed by atoms with Crippen molar-refractivity contribution in [3.63, 3.8) is 0 Å². The van der Waals surface area contributed by atoms with Crippen LogP contribution in [-0.2, 0) is 0 Å². The van der Waals surface area contributed by atoms with E-state index in [9.17, 15) is 0 Å². The standard InChI is InChI=1S/C25H30N4O/c1-3-5-9-18-26-28-24-16-17-25(23-11-8-7-10-22(23)24)29-27-20-12-14-21(15-13-20)30-19-6-4-2/h7-8,10-17H,3-6,9,18-19H2,1-2H3. The number of ether oxygens (including phenoxy) is 1. The maximum absolute atomic E-state index is 5.70. The third-order valence-electron chi connectivity index (χ3n) is 4.79. The molecule has 0 aliphatic carbocycles. The molecule has 0 amide bonds. The molecule has 3 aromatic rings. The van der Waals surface area contributed by atoms with Crippen molar-refractivity contribution >= 4 is 27.8 Å². The predicted molar refractivity (Wildman–Crippen MR) is 124 cm³/mol. The van der Waals surface area contributed by atoms with Gasteiger partial charge in [0.2, 0.25) is 0 Å². The lowest BCUT2D eigenvalue weighted by molar-refractivity contribution is 0.309. The second-order valence-corrected chi connectivity index (χ2v) is 7.22. The molecule has 0 spiro atoms. The molecule has 0 aromatic heterocycles. The first-order valence-corrected chi connectivity index (χ1v) is 10.9. The van der Waals surface area contributed by atoms with E-state index in [1.54, 1.807) is 0 Å². The lowest BCUT2D eigenvalue weighted by Crippen LogP contribution is -1.95. The number of hydrogen-bond acceptors (Lipinski definition) is 5. The van der Waals surface area contributed by atoms with Crippen LogP contribution >= 0.6 is 0 Å². The minimum atomic E-state index is 0.742. The molecule has 0 atom stereocenters. The highest BCUT2D eigenvalue weighted by atomic mass is 16.5. The lowest BCUT2D eigenvalue weighted by atomic mass is 10.1. The largest absolute Gasteiger partial charge is 0.494 e. The summed E-state index contributed by atoms with van der Waals surface area (Å²) in [7, 11) is 0. The van der Waals surface area contributed by atoms with E-state index in [2.05, 4.69) is 40.4 Å². The highest BCUT2D eigenvalue weighted by Crippen LogP contribution is 2.34. The molecule has 0 fully saturated rings. The SMILES string of the molecule is CCCCCN=Nc1ccc(N=Nc2ccc(OCCCC)cc2)c2ccccc12. The number of azo groups is 2. The Balaban J connectivity index is 1.74. The summed E-state index contributed by atoms with van der Waals surface area (Å²) in [5, 5.41) is 19.7. The Hall–Kier alpha value is -3.08. The number of rotatable bonds is 11. The number of benzene rings is 3. The number of unbranched alkanes of at least 4 members (excludes halogenated alkanes) is 3. The zero-order valence-corrected chi connectivity index (χ0v) is 17.9. The van der Waals surface area contributed by atoms with Crippen LogP contribution in [-0.4, -0.2) is 13.2 Å². The quantitative estimate of drug-likeness (QED) is 0.234. The van der Waals surface area contributed by atoms with Crippen molar-refractivity contribution in [2.75, 3.05) is 13.2 Å². The third-order valence-corrected chi connectivity index (χ3v) is 4.79. The number of fused-ring (bicyclic) bond motifs is 1. The summed E-state index contributed by atoms with van der Waals surface area (Å²) in [6.45, 7) is 5.85. The number of hydrogen-bond donors (Lipinski definition) is 0. The van der Waals surface area contributed by atoms with E-state index in [1.807, 2.05) is 54.6 Å². The molecule has 0 saturated carbocycles. The van der Waals surface area contributed by atoms with Crippen molar-refractivity contribution in [2.24, 2.45) is 20.5 Å². The molecule has 0 aliphatic heterocycles. The van der Waals surface area contributed by atoms with Gasteiger partial charge in [-0.05, 0) is 49.2 Å². The van der Waals surface area contributed by atoms with Crippen molar-refractivity contribution < 1.29 is 4.74 Å². The van der Waals surface area contributed by atoms with Crippen LogP contribution in [0, 0.1) is 0 Å². The van der Waals surface area contributed by atoms with Crippen LogP contribution in [0.1, 0.15) is 46.0 Å². The zero-order valence-electron chi connectivity index (χ0n) is 17.9. The molecule has 30 heavy (non-hydrogen) atoms. The lowest BCUT2D eigenvalue weighted by Gasteiger charge is -2.05. The smallest absolute Gasteiger partial charge is 0.119 e. The van der Waals surface area contributed by atoms with Crippen LogP contribution in [0.25, 0.3) is 10.8 Å². The first-order chi connectivity index (χ1) is 14.8. The van der Waals surface area contributed by atoms with Crippen LogP contribution in [0.5, 0.6) is 5.75 Å². The van der Waals surface area contributed by atoms with E-state index in [1.165, 1.54) is 12.8 Å². The summed E-state index contributed by atoms with van der Waals surface area (Å²) < 4.78 is 5.70. The van der Waals surface area contributed by atoms with Gasteiger partial charge in [-0.3, -0.25) is 0 Å². The molecular weight excluding hydrogens is 372 g/mol. The molecule has 5 nitrogen and oxygen atoms in total. The fourth-order valence-corrected chi connectivity index (χ4v) is 3.06. The van der Waals surface area contributed by atoms with Gasteiger partial charge in [0, 0.05) is 10.8 Å². The fraction of sp³-hybridized carbons (Fsp3) is 0.360. The Labute approximate surface area is 178 Å². The minimum Gasteiger partial charge on any atom is -0.494 e. The van der Waals surface area contributed by atoms with E-state index in [-0.39, 0.29) is 0 Å². The van der Waals surface area contributed by atoms with Crippen molar-refractivity contribution in [3.05, 3.63) is 60.7 Å². The number of nitrogens with zero attached hydrogens (tertiary/aromatic N) is 4. The maximum atomic E-state index is 5.70. The van der Waals surface area contributed by atoms with Crippen molar-refractivity contribution in [3.8, 4) is 5.75 Å². The van der Waals surface area contributed by atoms with Gasteiger partial charge in [0.1, 0.15) is 5.75 Å². The van der Waals surface area contributed by atoms with Crippen LogP contribution in [0.3, 0.4) is 0 Å². The Morgan fingerprint density at radius 2 is 1.33 bits per heavy atom. The molecular formula is C25H30N4O. The molecule has 0 bridgehead atoms. The van der Waals surface area contributed by atoms with E-state index >= 15 is 0 Å². The van der Waals surface area contributed by atoms with Gasteiger partial charge < -0.3 is 4.74 Å². The second kappa shape index (κ2) is 11.8. The Morgan fingerprint density at radius 3 is 2.00 bits per heavy atom. The van der Waals surface area contributed by atoms with Gasteiger partial charge >= 0.3 is 0 Å². The average molecular weight is 403 g/mol. The third kappa shape index (κ3) is 6.21. The highest BCUT2D eigenvalue weighted by Gasteiger charge is 2.05. The Kier molecular flexibility index (Phi) is 8.51. The second-order valence-electron chi connectivity index (χ2n) is 7.22. The molecule has 0 radical (unpaired) electrons. The normalized spacial score (nSPS) is 11.7. The minimum absolute atomic E-state index is 0.742. The van der Waals surface area contributed by atoms with Gasteiger partial charge in [-0.25, -0.2) is 0 Å². The summed E-state index contributed by atoms with van der Waals surface area (Å²) in [6.07, 6.45) is 5.63. The fourth-order valence-electron chi connectivity index (χ4n) is 3.06. The first-order valence-electron chi connectivity index (χ1n) is 10.9. The van der Waals surface area contributed by atoms with E-state index in [0.717, 1.165) is 66.0 Å². The highest BCUT2D eigenvalue weighted by molar-refractivity contribution is 5.99. The molecule has 0 saturated heterocycles. The summed E-state index contributed by atoms with van der Waals surface area (Å²) in [4.78, 5) is 0. The van der Waals surface area contributed by atoms with Gasteiger partial charge in [0.25, 0.3) is 0 Å².